The molecule has 0 aromatic carbocycles. The number of likely N-dealkylation sites (tertiary alicyclic amines) is 1. The van der Waals surface area contributed by atoms with Crippen LogP contribution in [0.15, 0.2) is 0 Å². The van der Waals surface area contributed by atoms with Gasteiger partial charge >= 0.3 is 5.97 Å². The molecule has 0 aliphatic carbocycles. The topological polar surface area (TPSA) is 205 Å². The van der Waals surface area contributed by atoms with E-state index in [1.807, 2.05) is 0 Å². The molecule has 0 bridgehead atoms. The van der Waals surface area contributed by atoms with Crippen LogP contribution in [0.2, 0.25) is 0 Å². The number of rotatable bonds is 11. The molecule has 5 atom stereocenters. The first-order chi connectivity index (χ1) is 14.0. The Hall–Kier alpha value is -2.38. The van der Waals surface area contributed by atoms with Gasteiger partial charge in [-0.25, -0.2) is 4.79 Å². The van der Waals surface area contributed by atoms with Crippen LogP contribution in [-0.4, -0.2) is 87.3 Å². The summed E-state index contributed by atoms with van der Waals surface area (Å²) in [6.45, 7) is 1.57. The molecule has 30 heavy (non-hydrogen) atoms. The number of nitrogens with one attached hydrogen (secondary N) is 2. The highest BCUT2D eigenvalue weighted by Gasteiger charge is 2.38. The predicted octanol–water partition coefficient (Wildman–Crippen LogP) is -3.06. The summed E-state index contributed by atoms with van der Waals surface area (Å²) in [6, 6.07) is -4.65. The minimum absolute atomic E-state index is 0.101. The fraction of sp³-hybridized carbons (Fsp3) is 0.706. The van der Waals surface area contributed by atoms with Gasteiger partial charge in [-0.3, -0.25) is 19.2 Å². The number of amides is 4. The van der Waals surface area contributed by atoms with Crippen LogP contribution in [0.1, 0.15) is 32.6 Å². The average Bonchev–Trinajstić information content (AvgIpc) is 3.16. The number of aliphatic carboxylic acids is 1. The van der Waals surface area contributed by atoms with Crippen LogP contribution in [0, 0.1) is 0 Å². The van der Waals surface area contributed by atoms with E-state index >= 15 is 0 Å². The van der Waals surface area contributed by atoms with Gasteiger partial charge in [0.2, 0.25) is 23.6 Å². The number of aliphatic hydroxyl groups is 1. The number of nitrogens with two attached hydrogens (primary N) is 2. The summed E-state index contributed by atoms with van der Waals surface area (Å²) in [6.07, 6.45) is -0.967. The van der Waals surface area contributed by atoms with E-state index in [0.717, 1.165) is 0 Å². The Balaban J connectivity index is 2.85. The summed E-state index contributed by atoms with van der Waals surface area (Å²) in [4.78, 5) is 61.0. The molecular formula is C17H29N5O7S. The zero-order chi connectivity index (χ0) is 23.0. The highest BCUT2D eigenvalue weighted by molar-refractivity contribution is 7.80. The van der Waals surface area contributed by atoms with E-state index in [4.69, 9.17) is 11.5 Å². The normalized spacial score (nSPS) is 20.0. The molecule has 1 saturated heterocycles. The Morgan fingerprint density at radius 2 is 1.87 bits per heavy atom. The molecule has 1 aliphatic heterocycles. The molecule has 1 rings (SSSR count). The number of carbonyl (C=O) groups excluding carboxylic acids is 4. The molecule has 12 nitrogen and oxygen atoms in total. The fourth-order valence-corrected chi connectivity index (χ4v) is 3.21. The van der Waals surface area contributed by atoms with Gasteiger partial charge in [0.05, 0.1) is 12.1 Å². The summed E-state index contributed by atoms with van der Waals surface area (Å²) >= 11 is 3.98. The summed E-state index contributed by atoms with van der Waals surface area (Å²) < 4.78 is 0. The number of hydrogen-bond acceptors (Lipinski definition) is 8. The van der Waals surface area contributed by atoms with Gasteiger partial charge in [-0.05, 0) is 26.2 Å². The summed E-state index contributed by atoms with van der Waals surface area (Å²) in [5.74, 6) is -4.09. The molecule has 0 aromatic rings. The second kappa shape index (κ2) is 11.7. The number of thiol groups is 1. The monoisotopic (exact) mass is 447 g/mol. The third-order valence-corrected chi connectivity index (χ3v) is 5.10. The van der Waals surface area contributed by atoms with Crippen molar-refractivity contribution in [2.24, 2.45) is 11.5 Å². The molecule has 8 N–H and O–H groups in total. The van der Waals surface area contributed by atoms with Crippen LogP contribution in [0.3, 0.4) is 0 Å². The Kier molecular flexibility index (Phi) is 10.0. The van der Waals surface area contributed by atoms with Crippen molar-refractivity contribution in [2.45, 2.75) is 62.9 Å². The Morgan fingerprint density at radius 1 is 1.23 bits per heavy atom. The van der Waals surface area contributed by atoms with Crippen LogP contribution in [0.4, 0.5) is 0 Å². The van der Waals surface area contributed by atoms with E-state index in [2.05, 4.69) is 23.3 Å². The summed E-state index contributed by atoms with van der Waals surface area (Å²) in [5.41, 5.74) is 10.7. The zero-order valence-electron chi connectivity index (χ0n) is 16.6. The van der Waals surface area contributed by atoms with Gasteiger partial charge in [0.25, 0.3) is 0 Å². The van der Waals surface area contributed by atoms with E-state index in [1.165, 1.54) is 11.8 Å². The van der Waals surface area contributed by atoms with E-state index in [9.17, 15) is 34.2 Å². The summed E-state index contributed by atoms with van der Waals surface area (Å²) in [5, 5.41) is 23.7. The van der Waals surface area contributed by atoms with Crippen LogP contribution >= 0.6 is 12.6 Å². The predicted molar refractivity (Wildman–Crippen MR) is 108 cm³/mol. The number of carbonyl (C=O) groups is 5. The maximum absolute atomic E-state index is 12.7. The van der Waals surface area contributed by atoms with E-state index in [0.29, 0.717) is 19.4 Å². The van der Waals surface area contributed by atoms with Crippen molar-refractivity contribution >= 4 is 42.2 Å². The highest BCUT2D eigenvalue weighted by atomic mass is 32.1. The first-order valence-corrected chi connectivity index (χ1v) is 10.1. The second-order valence-corrected chi connectivity index (χ2v) is 7.48. The van der Waals surface area contributed by atoms with Crippen LogP contribution in [0.5, 0.6) is 0 Å². The highest BCUT2D eigenvalue weighted by Crippen LogP contribution is 2.19. The minimum atomic E-state index is -1.47. The number of hydrogen-bond donors (Lipinski definition) is 7. The number of primary amides is 1. The zero-order valence-corrected chi connectivity index (χ0v) is 17.5. The number of carboxylic acid groups (broad SMARTS) is 1. The maximum atomic E-state index is 12.7. The van der Waals surface area contributed by atoms with Gasteiger partial charge in [-0.2, -0.15) is 12.6 Å². The molecule has 0 saturated carbocycles. The van der Waals surface area contributed by atoms with Crippen molar-refractivity contribution in [3.63, 3.8) is 0 Å². The number of aliphatic hydroxyl groups excluding tert-OH is 1. The van der Waals surface area contributed by atoms with Crippen molar-refractivity contribution in [3.8, 4) is 0 Å². The quantitative estimate of drug-likeness (QED) is 0.161. The third kappa shape index (κ3) is 7.15. The van der Waals surface area contributed by atoms with Crippen LogP contribution in [0.25, 0.3) is 0 Å². The molecule has 0 spiro atoms. The van der Waals surface area contributed by atoms with Crippen molar-refractivity contribution in [3.05, 3.63) is 0 Å². The largest absolute Gasteiger partial charge is 0.480 e. The molecule has 13 heteroatoms. The lowest BCUT2D eigenvalue weighted by Gasteiger charge is -2.29. The smallest absolute Gasteiger partial charge is 0.326 e. The van der Waals surface area contributed by atoms with Gasteiger partial charge in [-0.1, -0.05) is 0 Å². The molecule has 1 heterocycles. The molecule has 1 aliphatic rings. The van der Waals surface area contributed by atoms with E-state index in [1.54, 1.807) is 0 Å². The first-order valence-electron chi connectivity index (χ1n) is 9.46. The Bertz CT molecular complexity index is 675. The number of nitrogens with zero attached hydrogens (tertiary/aromatic N) is 1. The molecular weight excluding hydrogens is 418 g/mol. The minimum Gasteiger partial charge on any atom is -0.480 e. The summed E-state index contributed by atoms with van der Waals surface area (Å²) in [7, 11) is 0. The van der Waals surface area contributed by atoms with Crippen molar-refractivity contribution in [2.75, 3.05) is 12.3 Å². The van der Waals surface area contributed by atoms with Gasteiger partial charge in [0.15, 0.2) is 0 Å². The van der Waals surface area contributed by atoms with Gasteiger partial charge < -0.3 is 37.2 Å². The van der Waals surface area contributed by atoms with Gasteiger partial charge in [-0.15, -0.1) is 0 Å². The fourth-order valence-electron chi connectivity index (χ4n) is 3.05. The van der Waals surface area contributed by atoms with Gasteiger partial charge in [0, 0.05) is 18.7 Å². The average molecular weight is 448 g/mol. The van der Waals surface area contributed by atoms with Gasteiger partial charge in [0.1, 0.15) is 18.1 Å². The van der Waals surface area contributed by atoms with E-state index < -0.39 is 59.9 Å². The lowest BCUT2D eigenvalue weighted by atomic mass is 10.1. The van der Waals surface area contributed by atoms with E-state index in [-0.39, 0.29) is 18.6 Å². The maximum Gasteiger partial charge on any atom is 0.326 e. The molecule has 5 unspecified atom stereocenters. The Morgan fingerprint density at radius 3 is 2.37 bits per heavy atom. The van der Waals surface area contributed by atoms with Crippen molar-refractivity contribution in [1.29, 1.82) is 0 Å². The Labute approximate surface area is 179 Å². The third-order valence-electron chi connectivity index (χ3n) is 4.71. The van der Waals surface area contributed by atoms with Crippen molar-refractivity contribution < 1.29 is 34.2 Å². The lowest BCUT2D eigenvalue weighted by molar-refractivity contribution is -0.144. The van der Waals surface area contributed by atoms with Crippen molar-refractivity contribution in [1.82, 2.24) is 15.5 Å². The molecule has 4 amide bonds. The standard InChI is InChI=1S/C17H29N5O7S/c1-8(23)13(15(26)20-10(17(28)29)4-5-12(19)24)21-14(25)11-3-2-6-22(11)16(27)9(18)7-30/h8-11,13,23,30H,2-7,18H2,1H3,(H2,19,24)(H,20,26)(H,21,25)(H,28,29). The second-order valence-electron chi connectivity index (χ2n) is 7.11. The lowest BCUT2D eigenvalue weighted by Crippen LogP contribution is -2.59. The van der Waals surface area contributed by atoms with Crippen LogP contribution in [-0.2, 0) is 24.0 Å². The molecule has 170 valence electrons. The van der Waals surface area contributed by atoms with Crippen LogP contribution < -0.4 is 22.1 Å². The SMILES string of the molecule is CC(O)C(NC(=O)C1CCCN1C(=O)C(N)CS)C(=O)NC(CCC(N)=O)C(=O)O. The molecule has 0 radical (unpaired) electrons. The number of carboxylic acids is 1. The first kappa shape index (κ1) is 25.7. The molecule has 1 fully saturated rings. The molecule has 0 aromatic heterocycles.